The molecule has 2 N–H and O–H groups in total. The Hall–Kier alpha value is -1.75. The van der Waals surface area contributed by atoms with Crippen molar-refractivity contribution in [1.82, 2.24) is 4.90 Å². The van der Waals surface area contributed by atoms with Crippen LogP contribution in [0.25, 0.3) is 0 Å². The maximum Gasteiger partial charge on any atom is 0.227 e. The number of carbonyl (C=O) groups is 1. The molecule has 0 heterocycles. The molecule has 0 saturated heterocycles. The van der Waals surface area contributed by atoms with E-state index in [1.54, 1.807) is 14.2 Å². The molecule has 1 aliphatic rings. The highest BCUT2D eigenvalue weighted by Crippen LogP contribution is 2.29. The number of carbonyl (C=O) groups excluding carboxylic acids is 1. The molecule has 1 saturated carbocycles. The Morgan fingerprint density at radius 2 is 1.88 bits per heavy atom. The molecule has 5 nitrogen and oxygen atoms in total. The van der Waals surface area contributed by atoms with Crippen molar-refractivity contribution in [3.05, 3.63) is 23.8 Å². The lowest BCUT2D eigenvalue weighted by atomic mass is 9.93. The molecule has 2 rings (SSSR count). The molecule has 0 radical (unpaired) electrons. The summed E-state index contributed by atoms with van der Waals surface area (Å²) in [5, 5.41) is 0. The van der Waals surface area contributed by atoms with E-state index < -0.39 is 0 Å². The van der Waals surface area contributed by atoms with Crippen molar-refractivity contribution in [3.8, 4) is 11.5 Å². The van der Waals surface area contributed by atoms with Crippen molar-refractivity contribution in [2.75, 3.05) is 20.8 Å². The zero-order valence-corrected chi connectivity index (χ0v) is 15.1. The number of rotatable bonds is 6. The molecular weight excluding hydrogens is 304 g/mol. The fourth-order valence-corrected chi connectivity index (χ4v) is 3.42. The molecule has 2 atom stereocenters. The molecule has 1 aromatic rings. The van der Waals surface area contributed by atoms with Crippen LogP contribution in [0.2, 0.25) is 0 Å². The van der Waals surface area contributed by atoms with Crippen molar-refractivity contribution in [2.45, 2.75) is 51.6 Å². The van der Waals surface area contributed by atoms with E-state index in [1.165, 1.54) is 6.42 Å². The molecule has 1 aromatic carbocycles. The van der Waals surface area contributed by atoms with Crippen LogP contribution < -0.4 is 15.2 Å². The van der Waals surface area contributed by atoms with Crippen molar-refractivity contribution in [3.63, 3.8) is 0 Å². The SMILES string of the molecule is CCN(Cc1ccc(OC)c(OC)c1)C(=O)C1CCCCCC1N. The molecule has 1 fully saturated rings. The third-order valence-corrected chi connectivity index (χ3v) is 4.90. The second-order valence-electron chi connectivity index (χ2n) is 6.45. The van der Waals surface area contributed by atoms with E-state index in [-0.39, 0.29) is 17.9 Å². The van der Waals surface area contributed by atoms with Gasteiger partial charge in [0.25, 0.3) is 0 Å². The van der Waals surface area contributed by atoms with Gasteiger partial charge in [-0.05, 0) is 37.5 Å². The fraction of sp³-hybridized carbons (Fsp3) is 0.632. The highest BCUT2D eigenvalue weighted by molar-refractivity contribution is 5.79. The monoisotopic (exact) mass is 334 g/mol. The standard InChI is InChI=1S/C19H30N2O3/c1-4-21(19(22)15-8-6-5-7-9-16(15)20)13-14-10-11-17(23-2)18(12-14)24-3/h10-12,15-16H,4-9,13,20H2,1-3H3. The summed E-state index contributed by atoms with van der Waals surface area (Å²) in [7, 11) is 3.24. The van der Waals surface area contributed by atoms with Gasteiger partial charge in [-0.25, -0.2) is 0 Å². The van der Waals surface area contributed by atoms with Crippen LogP contribution in [-0.2, 0) is 11.3 Å². The van der Waals surface area contributed by atoms with E-state index in [9.17, 15) is 4.79 Å². The first-order valence-electron chi connectivity index (χ1n) is 8.86. The van der Waals surface area contributed by atoms with E-state index in [0.717, 1.165) is 31.2 Å². The number of hydrogen-bond acceptors (Lipinski definition) is 4. The van der Waals surface area contributed by atoms with Crippen molar-refractivity contribution < 1.29 is 14.3 Å². The van der Waals surface area contributed by atoms with E-state index >= 15 is 0 Å². The Morgan fingerprint density at radius 3 is 2.54 bits per heavy atom. The van der Waals surface area contributed by atoms with Gasteiger partial charge in [-0.15, -0.1) is 0 Å². The van der Waals surface area contributed by atoms with Crippen LogP contribution in [0.1, 0.15) is 44.6 Å². The lowest BCUT2D eigenvalue weighted by Crippen LogP contribution is -2.43. The Labute approximate surface area is 145 Å². The third kappa shape index (κ3) is 4.41. The highest BCUT2D eigenvalue weighted by Gasteiger charge is 2.30. The second-order valence-corrected chi connectivity index (χ2v) is 6.45. The van der Waals surface area contributed by atoms with Gasteiger partial charge >= 0.3 is 0 Å². The van der Waals surface area contributed by atoms with Gasteiger partial charge in [0.05, 0.1) is 20.1 Å². The van der Waals surface area contributed by atoms with Gasteiger partial charge in [-0.3, -0.25) is 4.79 Å². The van der Waals surface area contributed by atoms with E-state index in [4.69, 9.17) is 15.2 Å². The first-order valence-corrected chi connectivity index (χ1v) is 8.86. The van der Waals surface area contributed by atoms with Crippen LogP contribution in [0.15, 0.2) is 18.2 Å². The molecule has 5 heteroatoms. The van der Waals surface area contributed by atoms with Gasteiger partial charge in [-0.2, -0.15) is 0 Å². The molecule has 0 spiro atoms. The lowest BCUT2D eigenvalue weighted by molar-refractivity contribution is -0.136. The Kier molecular flexibility index (Phi) is 6.91. The predicted octanol–water partition coefficient (Wildman–Crippen LogP) is 2.96. The number of nitrogens with two attached hydrogens (primary N) is 1. The summed E-state index contributed by atoms with van der Waals surface area (Å²) in [4.78, 5) is 14.9. The van der Waals surface area contributed by atoms with Crippen LogP contribution in [-0.4, -0.2) is 37.6 Å². The fourth-order valence-electron chi connectivity index (χ4n) is 3.42. The van der Waals surface area contributed by atoms with E-state index in [0.29, 0.717) is 24.6 Å². The number of ether oxygens (including phenoxy) is 2. The first kappa shape index (κ1) is 18.6. The number of amides is 1. The summed E-state index contributed by atoms with van der Waals surface area (Å²) < 4.78 is 10.6. The minimum atomic E-state index is -0.0485. The average molecular weight is 334 g/mol. The Morgan fingerprint density at radius 1 is 1.17 bits per heavy atom. The maximum absolute atomic E-state index is 13.0. The zero-order chi connectivity index (χ0) is 17.5. The number of nitrogens with zero attached hydrogens (tertiary/aromatic N) is 1. The second kappa shape index (κ2) is 8.92. The average Bonchev–Trinajstić information content (AvgIpc) is 2.83. The quantitative estimate of drug-likeness (QED) is 0.812. The summed E-state index contributed by atoms with van der Waals surface area (Å²) >= 11 is 0. The van der Waals surface area contributed by atoms with E-state index in [2.05, 4.69) is 0 Å². The molecule has 1 amide bonds. The van der Waals surface area contributed by atoms with Crippen LogP contribution in [0.5, 0.6) is 11.5 Å². The smallest absolute Gasteiger partial charge is 0.227 e. The first-order chi connectivity index (χ1) is 11.6. The van der Waals surface area contributed by atoms with Crippen molar-refractivity contribution >= 4 is 5.91 Å². The van der Waals surface area contributed by atoms with Gasteiger partial charge < -0.3 is 20.1 Å². The molecule has 0 aliphatic heterocycles. The molecular formula is C19H30N2O3. The molecule has 24 heavy (non-hydrogen) atoms. The van der Waals surface area contributed by atoms with Crippen LogP contribution in [0.4, 0.5) is 0 Å². The molecule has 134 valence electrons. The Bertz CT molecular complexity index is 547. The molecule has 0 aromatic heterocycles. The van der Waals surface area contributed by atoms with Gasteiger partial charge in [0.1, 0.15) is 0 Å². The zero-order valence-electron chi connectivity index (χ0n) is 15.1. The number of methoxy groups -OCH3 is 2. The van der Waals surface area contributed by atoms with Gasteiger partial charge in [0.15, 0.2) is 11.5 Å². The maximum atomic E-state index is 13.0. The van der Waals surface area contributed by atoms with Crippen molar-refractivity contribution in [2.24, 2.45) is 11.7 Å². The summed E-state index contributed by atoms with van der Waals surface area (Å²) in [5.74, 6) is 1.51. The lowest BCUT2D eigenvalue weighted by Gasteiger charge is -2.29. The minimum absolute atomic E-state index is 0.0144. The highest BCUT2D eigenvalue weighted by atomic mass is 16.5. The van der Waals surface area contributed by atoms with Gasteiger partial charge in [0, 0.05) is 19.1 Å². The Balaban J connectivity index is 2.12. The summed E-state index contributed by atoms with van der Waals surface area (Å²) in [6.45, 7) is 3.26. The van der Waals surface area contributed by atoms with Crippen molar-refractivity contribution in [1.29, 1.82) is 0 Å². The summed E-state index contributed by atoms with van der Waals surface area (Å²) in [5.41, 5.74) is 7.30. The van der Waals surface area contributed by atoms with Gasteiger partial charge in [0.2, 0.25) is 5.91 Å². The van der Waals surface area contributed by atoms with Crippen LogP contribution >= 0.6 is 0 Å². The molecule has 1 aliphatic carbocycles. The topological polar surface area (TPSA) is 64.8 Å². The normalized spacial score (nSPS) is 21.0. The minimum Gasteiger partial charge on any atom is -0.493 e. The van der Waals surface area contributed by atoms with Gasteiger partial charge in [-0.1, -0.05) is 25.3 Å². The number of benzene rings is 1. The predicted molar refractivity (Wildman–Crippen MR) is 95.2 cm³/mol. The number of hydrogen-bond donors (Lipinski definition) is 1. The van der Waals surface area contributed by atoms with Crippen LogP contribution in [0.3, 0.4) is 0 Å². The largest absolute Gasteiger partial charge is 0.493 e. The third-order valence-electron chi connectivity index (χ3n) is 4.90. The summed E-state index contributed by atoms with van der Waals surface area (Å²) in [6.07, 6.45) is 5.26. The summed E-state index contributed by atoms with van der Waals surface area (Å²) in [6, 6.07) is 5.77. The molecule has 2 unspecified atom stereocenters. The van der Waals surface area contributed by atoms with E-state index in [1.807, 2.05) is 30.0 Å². The molecule has 0 bridgehead atoms. The van der Waals surface area contributed by atoms with Crippen LogP contribution in [0, 0.1) is 5.92 Å².